The van der Waals surface area contributed by atoms with Crippen molar-refractivity contribution in [3.05, 3.63) is 23.7 Å². The molecule has 20 heavy (non-hydrogen) atoms. The van der Waals surface area contributed by atoms with Gasteiger partial charge in [-0.15, -0.1) is 0 Å². The van der Waals surface area contributed by atoms with Crippen molar-refractivity contribution in [2.75, 3.05) is 13.1 Å². The van der Waals surface area contributed by atoms with E-state index in [-0.39, 0.29) is 23.8 Å². The van der Waals surface area contributed by atoms with Gasteiger partial charge in [-0.3, -0.25) is 9.59 Å². The standard InChI is InChI=1S/C15H20N2O3/c1-2-17-9-10(8-14(17)18)15(19)16-12-4-3-5-13-11(12)6-7-20-13/h6-7,10,12H,2-5,8-9H2,1H3,(H,16,19)/t10-,12+/m0/s1. The van der Waals surface area contributed by atoms with E-state index in [2.05, 4.69) is 5.32 Å². The van der Waals surface area contributed by atoms with Gasteiger partial charge in [0, 0.05) is 31.5 Å². The van der Waals surface area contributed by atoms with E-state index in [1.807, 2.05) is 13.0 Å². The molecule has 5 heteroatoms. The van der Waals surface area contributed by atoms with Gasteiger partial charge in [0.1, 0.15) is 5.76 Å². The second-order valence-corrected chi connectivity index (χ2v) is 5.59. The Morgan fingerprint density at radius 2 is 2.40 bits per heavy atom. The Morgan fingerprint density at radius 1 is 1.55 bits per heavy atom. The molecule has 108 valence electrons. The van der Waals surface area contributed by atoms with Gasteiger partial charge in [-0.1, -0.05) is 0 Å². The zero-order valence-electron chi connectivity index (χ0n) is 11.7. The van der Waals surface area contributed by atoms with Crippen LogP contribution in [-0.4, -0.2) is 29.8 Å². The summed E-state index contributed by atoms with van der Waals surface area (Å²) in [7, 11) is 0. The fourth-order valence-corrected chi connectivity index (χ4v) is 3.18. The summed E-state index contributed by atoms with van der Waals surface area (Å²) in [4.78, 5) is 25.8. The molecule has 0 spiro atoms. The molecule has 1 aliphatic heterocycles. The van der Waals surface area contributed by atoms with Crippen molar-refractivity contribution in [3.8, 4) is 0 Å². The summed E-state index contributed by atoms with van der Waals surface area (Å²) in [5, 5.41) is 3.09. The van der Waals surface area contributed by atoms with Crippen LogP contribution in [0, 0.1) is 5.92 Å². The maximum atomic E-state index is 12.3. The summed E-state index contributed by atoms with van der Waals surface area (Å²) in [6, 6.07) is 1.98. The number of likely N-dealkylation sites (tertiary alicyclic amines) is 1. The highest BCUT2D eigenvalue weighted by Gasteiger charge is 2.35. The second-order valence-electron chi connectivity index (χ2n) is 5.59. The van der Waals surface area contributed by atoms with E-state index in [1.165, 1.54) is 0 Å². The van der Waals surface area contributed by atoms with Gasteiger partial charge in [0.15, 0.2) is 0 Å². The molecule has 0 radical (unpaired) electrons. The lowest BCUT2D eigenvalue weighted by Crippen LogP contribution is -2.36. The smallest absolute Gasteiger partial charge is 0.225 e. The Labute approximate surface area is 118 Å². The summed E-state index contributed by atoms with van der Waals surface area (Å²) >= 11 is 0. The van der Waals surface area contributed by atoms with Crippen molar-refractivity contribution in [1.29, 1.82) is 0 Å². The maximum Gasteiger partial charge on any atom is 0.225 e. The number of nitrogens with one attached hydrogen (secondary N) is 1. The van der Waals surface area contributed by atoms with Crippen LogP contribution >= 0.6 is 0 Å². The highest BCUT2D eigenvalue weighted by molar-refractivity contribution is 5.89. The number of hydrogen-bond acceptors (Lipinski definition) is 3. The molecule has 2 aliphatic rings. The van der Waals surface area contributed by atoms with Gasteiger partial charge in [0.2, 0.25) is 11.8 Å². The van der Waals surface area contributed by atoms with Crippen LogP contribution in [0.3, 0.4) is 0 Å². The first-order valence-corrected chi connectivity index (χ1v) is 7.33. The Morgan fingerprint density at radius 3 is 3.15 bits per heavy atom. The lowest BCUT2D eigenvalue weighted by atomic mass is 9.93. The van der Waals surface area contributed by atoms with E-state index in [9.17, 15) is 9.59 Å². The lowest BCUT2D eigenvalue weighted by molar-refractivity contribution is -0.129. The normalized spacial score (nSPS) is 25.6. The van der Waals surface area contributed by atoms with Crippen molar-refractivity contribution in [2.45, 2.75) is 38.6 Å². The minimum Gasteiger partial charge on any atom is -0.469 e. The fourth-order valence-electron chi connectivity index (χ4n) is 3.18. The minimum atomic E-state index is -0.209. The highest BCUT2D eigenvalue weighted by atomic mass is 16.3. The zero-order chi connectivity index (χ0) is 14.1. The first kappa shape index (κ1) is 13.2. The van der Waals surface area contributed by atoms with Crippen molar-refractivity contribution < 1.29 is 14.0 Å². The van der Waals surface area contributed by atoms with E-state index >= 15 is 0 Å². The van der Waals surface area contributed by atoms with Crippen LogP contribution < -0.4 is 5.32 Å². The number of carbonyl (C=O) groups excluding carboxylic acids is 2. The monoisotopic (exact) mass is 276 g/mol. The molecule has 0 unspecified atom stereocenters. The molecule has 0 aromatic carbocycles. The molecule has 2 heterocycles. The van der Waals surface area contributed by atoms with E-state index in [0.29, 0.717) is 19.5 Å². The van der Waals surface area contributed by atoms with Gasteiger partial charge in [-0.2, -0.15) is 0 Å². The number of hydrogen-bond donors (Lipinski definition) is 1. The van der Waals surface area contributed by atoms with Gasteiger partial charge in [-0.05, 0) is 25.8 Å². The molecule has 0 bridgehead atoms. The highest BCUT2D eigenvalue weighted by Crippen LogP contribution is 2.31. The van der Waals surface area contributed by atoms with Gasteiger partial charge < -0.3 is 14.6 Å². The van der Waals surface area contributed by atoms with Crippen LogP contribution in [0.4, 0.5) is 0 Å². The summed E-state index contributed by atoms with van der Waals surface area (Å²) in [6.45, 7) is 3.17. The van der Waals surface area contributed by atoms with Crippen LogP contribution in [-0.2, 0) is 16.0 Å². The molecule has 0 saturated carbocycles. The third-order valence-corrected chi connectivity index (χ3v) is 4.34. The molecule has 2 atom stereocenters. The number of fused-ring (bicyclic) bond motifs is 1. The van der Waals surface area contributed by atoms with E-state index in [4.69, 9.17) is 4.42 Å². The molecule has 1 fully saturated rings. The average molecular weight is 276 g/mol. The molecule has 1 N–H and O–H groups in total. The Kier molecular flexibility index (Phi) is 3.51. The van der Waals surface area contributed by atoms with Crippen LogP contribution in [0.15, 0.2) is 16.7 Å². The summed E-state index contributed by atoms with van der Waals surface area (Å²) in [5.74, 6) is 0.854. The van der Waals surface area contributed by atoms with Crippen LogP contribution in [0.2, 0.25) is 0 Å². The summed E-state index contributed by atoms with van der Waals surface area (Å²) in [5.41, 5.74) is 1.10. The Bertz CT molecular complexity index is 523. The quantitative estimate of drug-likeness (QED) is 0.913. The van der Waals surface area contributed by atoms with Gasteiger partial charge >= 0.3 is 0 Å². The SMILES string of the molecule is CCN1C[C@@H](C(=O)N[C@@H]2CCCc3occc32)CC1=O. The molecule has 5 nitrogen and oxygen atoms in total. The predicted octanol–water partition coefficient (Wildman–Crippen LogP) is 1.64. The van der Waals surface area contributed by atoms with Crippen LogP contribution in [0.5, 0.6) is 0 Å². The fraction of sp³-hybridized carbons (Fsp3) is 0.600. The third kappa shape index (κ3) is 2.32. The molecule has 2 amide bonds. The number of rotatable bonds is 3. The topological polar surface area (TPSA) is 62.6 Å². The van der Waals surface area contributed by atoms with Gasteiger partial charge in [0.25, 0.3) is 0 Å². The zero-order valence-corrected chi connectivity index (χ0v) is 11.7. The molecule has 1 saturated heterocycles. The van der Waals surface area contributed by atoms with Crippen molar-refractivity contribution in [2.24, 2.45) is 5.92 Å². The van der Waals surface area contributed by atoms with Crippen LogP contribution in [0.1, 0.15) is 43.6 Å². The van der Waals surface area contributed by atoms with Crippen molar-refractivity contribution in [3.63, 3.8) is 0 Å². The van der Waals surface area contributed by atoms with Crippen molar-refractivity contribution >= 4 is 11.8 Å². The number of carbonyl (C=O) groups is 2. The molecule has 1 aliphatic carbocycles. The molecule has 1 aromatic rings. The average Bonchev–Trinajstić information content (AvgIpc) is 3.05. The van der Waals surface area contributed by atoms with E-state index in [0.717, 1.165) is 30.6 Å². The predicted molar refractivity (Wildman–Crippen MR) is 72.9 cm³/mol. The number of amides is 2. The van der Waals surface area contributed by atoms with E-state index < -0.39 is 0 Å². The Hall–Kier alpha value is -1.78. The first-order valence-electron chi connectivity index (χ1n) is 7.33. The number of nitrogens with zero attached hydrogens (tertiary/aromatic N) is 1. The second kappa shape index (κ2) is 5.31. The molecular weight excluding hydrogens is 256 g/mol. The third-order valence-electron chi connectivity index (χ3n) is 4.34. The first-order chi connectivity index (χ1) is 9.69. The molecular formula is C15H20N2O3. The number of furan rings is 1. The Balaban J connectivity index is 1.65. The molecule has 1 aromatic heterocycles. The summed E-state index contributed by atoms with van der Waals surface area (Å²) < 4.78 is 5.43. The van der Waals surface area contributed by atoms with Gasteiger partial charge in [-0.25, -0.2) is 0 Å². The van der Waals surface area contributed by atoms with Crippen molar-refractivity contribution in [1.82, 2.24) is 10.2 Å². The largest absolute Gasteiger partial charge is 0.469 e. The van der Waals surface area contributed by atoms with Crippen LogP contribution in [0.25, 0.3) is 0 Å². The van der Waals surface area contributed by atoms with E-state index in [1.54, 1.807) is 11.2 Å². The molecule has 3 rings (SSSR count). The minimum absolute atomic E-state index is 0.00616. The number of aryl methyl sites for hydroxylation is 1. The van der Waals surface area contributed by atoms with Gasteiger partial charge in [0.05, 0.1) is 18.2 Å². The summed E-state index contributed by atoms with van der Waals surface area (Å²) in [6.07, 6.45) is 4.94. The lowest BCUT2D eigenvalue weighted by Gasteiger charge is -2.24. The maximum absolute atomic E-state index is 12.3.